The zero-order chi connectivity index (χ0) is 14.1. The van der Waals surface area contributed by atoms with E-state index in [4.69, 9.17) is 21.1 Å². The van der Waals surface area contributed by atoms with E-state index in [0.717, 1.165) is 4.88 Å². The summed E-state index contributed by atoms with van der Waals surface area (Å²) >= 11 is 7.69. The second kappa shape index (κ2) is 5.34. The number of fused-ring (bicyclic) bond motifs is 1. The Labute approximate surface area is 125 Å². The molecule has 104 valence electrons. The van der Waals surface area contributed by atoms with Crippen LogP contribution >= 0.6 is 22.9 Å². The van der Waals surface area contributed by atoms with Crippen LogP contribution in [0.25, 0.3) is 0 Å². The molecule has 3 rings (SSSR count). The largest absolute Gasteiger partial charge is 0.454 e. The van der Waals surface area contributed by atoms with Crippen molar-refractivity contribution in [1.29, 1.82) is 0 Å². The van der Waals surface area contributed by atoms with Crippen LogP contribution in [0.5, 0.6) is 11.5 Å². The number of amides is 1. The molecule has 4 nitrogen and oxygen atoms in total. The molecule has 6 heteroatoms. The highest BCUT2D eigenvalue weighted by atomic mass is 35.5. The van der Waals surface area contributed by atoms with Crippen molar-refractivity contribution in [1.82, 2.24) is 5.32 Å². The van der Waals surface area contributed by atoms with E-state index in [0.29, 0.717) is 28.6 Å². The Morgan fingerprint density at radius 2 is 2.30 bits per heavy atom. The Kier molecular flexibility index (Phi) is 3.54. The number of halogens is 1. The molecular weight excluding hydrogens is 298 g/mol. The summed E-state index contributed by atoms with van der Waals surface area (Å²) < 4.78 is 10.5. The number of thiophene rings is 1. The third-order valence-corrected chi connectivity index (χ3v) is 4.37. The Morgan fingerprint density at radius 1 is 1.45 bits per heavy atom. The number of hydrogen-bond donors (Lipinski definition) is 1. The summed E-state index contributed by atoms with van der Waals surface area (Å²) in [4.78, 5) is 13.3. The van der Waals surface area contributed by atoms with Crippen LogP contribution in [-0.4, -0.2) is 12.7 Å². The lowest BCUT2D eigenvalue weighted by Crippen LogP contribution is -2.22. The summed E-state index contributed by atoms with van der Waals surface area (Å²) in [5, 5.41) is 5.27. The number of benzene rings is 1. The molecule has 20 heavy (non-hydrogen) atoms. The highest BCUT2D eigenvalue weighted by molar-refractivity contribution is 7.10. The van der Waals surface area contributed by atoms with E-state index in [1.807, 2.05) is 18.4 Å². The van der Waals surface area contributed by atoms with E-state index in [-0.39, 0.29) is 12.7 Å². The van der Waals surface area contributed by atoms with Crippen molar-refractivity contribution in [3.8, 4) is 11.5 Å². The van der Waals surface area contributed by atoms with Crippen LogP contribution < -0.4 is 14.8 Å². The number of aryl methyl sites for hydroxylation is 1. The minimum absolute atomic E-state index is 0.133. The van der Waals surface area contributed by atoms with Gasteiger partial charge >= 0.3 is 0 Å². The van der Waals surface area contributed by atoms with Gasteiger partial charge in [-0.1, -0.05) is 11.6 Å². The van der Waals surface area contributed by atoms with Crippen LogP contribution in [0.3, 0.4) is 0 Å². The highest BCUT2D eigenvalue weighted by Crippen LogP contribution is 2.39. The van der Waals surface area contributed by atoms with Gasteiger partial charge in [-0.15, -0.1) is 11.3 Å². The van der Waals surface area contributed by atoms with Crippen molar-refractivity contribution in [3.05, 3.63) is 44.6 Å². The van der Waals surface area contributed by atoms with Crippen LogP contribution in [-0.2, 0) is 6.54 Å². The maximum atomic E-state index is 12.1. The molecule has 2 aromatic rings. The SMILES string of the molecule is Cc1ccsc1CNC(=O)c1cc(Cl)c2c(c1)OCO2. The Morgan fingerprint density at radius 3 is 3.05 bits per heavy atom. The topological polar surface area (TPSA) is 47.6 Å². The van der Waals surface area contributed by atoms with Gasteiger partial charge < -0.3 is 14.8 Å². The number of nitrogens with one attached hydrogen (secondary N) is 1. The van der Waals surface area contributed by atoms with Gasteiger partial charge in [0.2, 0.25) is 6.79 Å². The predicted octanol–water partition coefficient (Wildman–Crippen LogP) is 3.37. The number of rotatable bonds is 3. The van der Waals surface area contributed by atoms with Gasteiger partial charge in [-0.05, 0) is 36.1 Å². The van der Waals surface area contributed by atoms with Gasteiger partial charge in [0.1, 0.15) is 0 Å². The van der Waals surface area contributed by atoms with Crippen LogP contribution in [0.1, 0.15) is 20.8 Å². The molecule has 0 atom stereocenters. The summed E-state index contributed by atoms with van der Waals surface area (Å²) in [6.07, 6.45) is 0. The summed E-state index contributed by atoms with van der Waals surface area (Å²) in [6, 6.07) is 5.26. The summed E-state index contributed by atoms with van der Waals surface area (Å²) in [5.41, 5.74) is 1.65. The standard InChI is InChI=1S/C14H12ClNO3S/c1-8-2-3-20-12(8)6-16-14(17)9-4-10(15)13-11(5-9)18-7-19-13/h2-5H,6-7H2,1H3,(H,16,17). The van der Waals surface area contributed by atoms with E-state index < -0.39 is 0 Å². The smallest absolute Gasteiger partial charge is 0.251 e. The van der Waals surface area contributed by atoms with Crippen LogP contribution in [0.15, 0.2) is 23.6 Å². The fourth-order valence-electron chi connectivity index (χ4n) is 1.95. The lowest BCUT2D eigenvalue weighted by molar-refractivity contribution is 0.0951. The maximum Gasteiger partial charge on any atom is 0.251 e. The fourth-order valence-corrected chi connectivity index (χ4v) is 3.06. The van der Waals surface area contributed by atoms with E-state index in [1.165, 1.54) is 5.56 Å². The minimum Gasteiger partial charge on any atom is -0.454 e. The molecule has 0 saturated carbocycles. The zero-order valence-electron chi connectivity index (χ0n) is 10.7. The van der Waals surface area contributed by atoms with Gasteiger partial charge in [-0.3, -0.25) is 4.79 Å². The van der Waals surface area contributed by atoms with Gasteiger partial charge in [-0.25, -0.2) is 0 Å². The first-order valence-corrected chi connectivity index (χ1v) is 7.31. The lowest BCUT2D eigenvalue weighted by Gasteiger charge is -2.07. The number of hydrogen-bond acceptors (Lipinski definition) is 4. The maximum absolute atomic E-state index is 12.1. The molecule has 1 aromatic heterocycles. The second-order valence-corrected chi connectivity index (χ2v) is 5.81. The van der Waals surface area contributed by atoms with Gasteiger partial charge in [0.05, 0.1) is 11.6 Å². The average molecular weight is 310 g/mol. The molecule has 0 unspecified atom stereocenters. The van der Waals surface area contributed by atoms with Gasteiger partial charge in [0, 0.05) is 10.4 Å². The highest BCUT2D eigenvalue weighted by Gasteiger charge is 2.20. The monoisotopic (exact) mass is 309 g/mol. The molecule has 1 amide bonds. The second-order valence-electron chi connectivity index (χ2n) is 4.40. The molecule has 0 fully saturated rings. The van der Waals surface area contributed by atoms with E-state index in [1.54, 1.807) is 23.5 Å². The van der Waals surface area contributed by atoms with E-state index in [2.05, 4.69) is 5.32 Å². The summed E-state index contributed by atoms with van der Waals surface area (Å²) in [5.74, 6) is 0.824. The average Bonchev–Trinajstić information content (AvgIpc) is 3.05. The third kappa shape index (κ3) is 2.46. The van der Waals surface area contributed by atoms with E-state index >= 15 is 0 Å². The van der Waals surface area contributed by atoms with Crippen LogP contribution in [0.4, 0.5) is 0 Å². The molecule has 0 aliphatic carbocycles. The van der Waals surface area contributed by atoms with Crippen LogP contribution in [0.2, 0.25) is 5.02 Å². The van der Waals surface area contributed by atoms with Crippen molar-refractivity contribution in [2.75, 3.05) is 6.79 Å². The number of carbonyl (C=O) groups excluding carboxylic acids is 1. The molecule has 1 N–H and O–H groups in total. The van der Waals surface area contributed by atoms with Crippen molar-refractivity contribution in [3.63, 3.8) is 0 Å². The van der Waals surface area contributed by atoms with E-state index in [9.17, 15) is 4.79 Å². The first-order valence-electron chi connectivity index (χ1n) is 6.05. The number of ether oxygens (including phenoxy) is 2. The predicted molar refractivity (Wildman–Crippen MR) is 77.8 cm³/mol. The number of carbonyl (C=O) groups is 1. The molecule has 0 spiro atoms. The molecule has 1 aliphatic heterocycles. The molecule has 0 radical (unpaired) electrons. The Hall–Kier alpha value is -1.72. The van der Waals surface area contributed by atoms with Crippen molar-refractivity contribution in [2.45, 2.75) is 13.5 Å². The van der Waals surface area contributed by atoms with Crippen LogP contribution in [0, 0.1) is 6.92 Å². The summed E-state index contributed by atoms with van der Waals surface area (Å²) in [6.45, 7) is 2.67. The lowest BCUT2D eigenvalue weighted by atomic mass is 10.2. The first kappa shape index (κ1) is 13.3. The Balaban J connectivity index is 1.75. The van der Waals surface area contributed by atoms with Gasteiger partial charge in [-0.2, -0.15) is 0 Å². The molecule has 0 bridgehead atoms. The van der Waals surface area contributed by atoms with Crippen molar-refractivity contribution < 1.29 is 14.3 Å². The normalized spacial score (nSPS) is 12.5. The zero-order valence-corrected chi connectivity index (χ0v) is 12.3. The summed E-state index contributed by atoms with van der Waals surface area (Å²) in [7, 11) is 0. The van der Waals surface area contributed by atoms with Crippen molar-refractivity contribution in [2.24, 2.45) is 0 Å². The molecule has 1 aromatic carbocycles. The first-order chi connectivity index (χ1) is 9.65. The fraction of sp³-hybridized carbons (Fsp3) is 0.214. The third-order valence-electron chi connectivity index (χ3n) is 3.07. The minimum atomic E-state index is -0.182. The molecule has 1 aliphatic rings. The molecule has 2 heterocycles. The molecule has 0 saturated heterocycles. The quantitative estimate of drug-likeness (QED) is 0.945. The van der Waals surface area contributed by atoms with Crippen molar-refractivity contribution >= 4 is 28.8 Å². The van der Waals surface area contributed by atoms with Gasteiger partial charge in [0.15, 0.2) is 11.5 Å². The molecular formula is C14H12ClNO3S. The van der Waals surface area contributed by atoms with Gasteiger partial charge in [0.25, 0.3) is 5.91 Å². The Bertz CT molecular complexity index is 668.